The summed E-state index contributed by atoms with van der Waals surface area (Å²) in [6.45, 7) is 14.3. The van der Waals surface area contributed by atoms with Crippen LogP contribution in [0, 0.1) is 19.8 Å². The minimum absolute atomic E-state index is 0.0170. The maximum Gasteiger partial charge on any atom is 0.310 e. The fourth-order valence-electron chi connectivity index (χ4n) is 3.12. The molecule has 5 nitrogen and oxygen atoms in total. The summed E-state index contributed by atoms with van der Waals surface area (Å²) < 4.78 is 4.84. The van der Waals surface area contributed by atoms with Gasteiger partial charge in [-0.2, -0.15) is 0 Å². The fourth-order valence-corrected chi connectivity index (χ4v) is 3.12. The van der Waals surface area contributed by atoms with Crippen molar-refractivity contribution in [3.8, 4) is 0 Å². The van der Waals surface area contributed by atoms with Gasteiger partial charge in [0.1, 0.15) is 0 Å². The highest BCUT2D eigenvalue weighted by Crippen LogP contribution is 2.14. The van der Waals surface area contributed by atoms with Gasteiger partial charge in [-0.3, -0.25) is 9.59 Å². The zero-order chi connectivity index (χ0) is 20.4. The van der Waals surface area contributed by atoms with E-state index in [2.05, 4.69) is 18.7 Å². The standard InChI is InChI=1S/C22H36N2O3/c1-7-23(8-2)13-9-10-14-24(16-19(5)22(26)27-6)21(25)20-12-11-17(3)18(4)15-20/h11-12,15,19H,7-10,13-14,16H2,1-6H3. The van der Waals surface area contributed by atoms with Gasteiger partial charge in [0.15, 0.2) is 0 Å². The number of ether oxygens (including phenoxy) is 1. The van der Waals surface area contributed by atoms with Gasteiger partial charge in [0, 0.05) is 18.7 Å². The first-order valence-electron chi connectivity index (χ1n) is 10.0. The lowest BCUT2D eigenvalue weighted by Gasteiger charge is -2.26. The highest BCUT2D eigenvalue weighted by molar-refractivity contribution is 5.94. The van der Waals surface area contributed by atoms with Crippen LogP contribution in [0.1, 0.15) is 55.1 Å². The van der Waals surface area contributed by atoms with Crippen molar-refractivity contribution in [2.45, 2.75) is 47.5 Å². The molecule has 0 saturated heterocycles. The van der Waals surface area contributed by atoms with Crippen molar-refractivity contribution in [3.63, 3.8) is 0 Å². The number of hydrogen-bond acceptors (Lipinski definition) is 4. The van der Waals surface area contributed by atoms with Crippen LogP contribution in [0.25, 0.3) is 0 Å². The molecule has 1 aromatic rings. The van der Waals surface area contributed by atoms with Crippen molar-refractivity contribution in [1.82, 2.24) is 9.80 Å². The van der Waals surface area contributed by atoms with Crippen molar-refractivity contribution >= 4 is 11.9 Å². The van der Waals surface area contributed by atoms with Crippen molar-refractivity contribution in [2.24, 2.45) is 5.92 Å². The number of rotatable bonds is 11. The van der Waals surface area contributed by atoms with Crippen LogP contribution in [-0.4, -0.2) is 61.5 Å². The lowest BCUT2D eigenvalue weighted by molar-refractivity contribution is -0.145. The van der Waals surface area contributed by atoms with E-state index >= 15 is 0 Å². The summed E-state index contributed by atoms with van der Waals surface area (Å²) in [5.41, 5.74) is 2.95. The Morgan fingerprint density at radius 3 is 2.22 bits per heavy atom. The lowest BCUT2D eigenvalue weighted by Crippen LogP contribution is -2.38. The third-order valence-corrected chi connectivity index (χ3v) is 5.19. The van der Waals surface area contributed by atoms with Crippen LogP contribution in [0.4, 0.5) is 0 Å². The van der Waals surface area contributed by atoms with Gasteiger partial charge < -0.3 is 14.5 Å². The van der Waals surface area contributed by atoms with Gasteiger partial charge in [0.05, 0.1) is 13.0 Å². The number of benzene rings is 1. The Kier molecular flexibility index (Phi) is 10.1. The molecule has 152 valence electrons. The summed E-state index contributed by atoms with van der Waals surface area (Å²) in [7, 11) is 1.39. The SMILES string of the molecule is CCN(CC)CCCCN(CC(C)C(=O)OC)C(=O)c1ccc(C)c(C)c1. The number of hydrogen-bond donors (Lipinski definition) is 0. The molecule has 27 heavy (non-hydrogen) atoms. The number of amides is 1. The number of nitrogens with zero attached hydrogens (tertiary/aromatic N) is 2. The predicted molar refractivity (Wildman–Crippen MR) is 110 cm³/mol. The Bertz CT molecular complexity index is 612. The van der Waals surface area contributed by atoms with Gasteiger partial charge in [0.25, 0.3) is 5.91 Å². The van der Waals surface area contributed by atoms with Crippen LogP contribution in [0.3, 0.4) is 0 Å². The molecule has 0 heterocycles. The van der Waals surface area contributed by atoms with Crippen molar-refractivity contribution in [2.75, 3.05) is 39.8 Å². The molecule has 0 radical (unpaired) electrons. The van der Waals surface area contributed by atoms with E-state index in [9.17, 15) is 9.59 Å². The fraction of sp³-hybridized carbons (Fsp3) is 0.636. The average Bonchev–Trinajstić information content (AvgIpc) is 2.67. The average molecular weight is 377 g/mol. The van der Waals surface area contributed by atoms with E-state index in [1.807, 2.05) is 39.0 Å². The molecule has 1 rings (SSSR count). The molecule has 0 aliphatic rings. The Morgan fingerprint density at radius 2 is 1.67 bits per heavy atom. The lowest BCUT2D eigenvalue weighted by atomic mass is 10.0. The number of carbonyl (C=O) groups is 2. The van der Waals surface area contributed by atoms with Crippen LogP contribution < -0.4 is 0 Å². The molecule has 0 spiro atoms. The summed E-state index contributed by atoms with van der Waals surface area (Å²) >= 11 is 0. The molecule has 0 aliphatic carbocycles. The second kappa shape index (κ2) is 11.8. The monoisotopic (exact) mass is 376 g/mol. The first-order valence-corrected chi connectivity index (χ1v) is 10.0. The Morgan fingerprint density at radius 1 is 1.04 bits per heavy atom. The Balaban J connectivity index is 2.81. The van der Waals surface area contributed by atoms with E-state index in [-0.39, 0.29) is 17.8 Å². The third kappa shape index (κ3) is 7.33. The molecule has 1 amide bonds. The first-order chi connectivity index (χ1) is 12.8. The first kappa shape index (κ1) is 23.2. The molecular weight excluding hydrogens is 340 g/mol. The predicted octanol–water partition coefficient (Wildman–Crippen LogP) is 3.68. The van der Waals surface area contributed by atoms with E-state index in [4.69, 9.17) is 4.74 Å². The summed E-state index contributed by atoms with van der Waals surface area (Å²) in [4.78, 5) is 29.1. The zero-order valence-corrected chi connectivity index (χ0v) is 17.9. The van der Waals surface area contributed by atoms with E-state index < -0.39 is 0 Å². The maximum absolute atomic E-state index is 13.1. The van der Waals surface area contributed by atoms with Gasteiger partial charge in [-0.25, -0.2) is 0 Å². The molecule has 1 aromatic carbocycles. The largest absolute Gasteiger partial charge is 0.469 e. The van der Waals surface area contributed by atoms with E-state index in [1.54, 1.807) is 4.90 Å². The van der Waals surface area contributed by atoms with Crippen LogP contribution in [0.5, 0.6) is 0 Å². The molecule has 1 atom stereocenters. The smallest absolute Gasteiger partial charge is 0.310 e. The number of unbranched alkanes of at least 4 members (excludes halogenated alkanes) is 1. The summed E-state index contributed by atoms with van der Waals surface area (Å²) in [5.74, 6) is -0.638. The zero-order valence-electron chi connectivity index (χ0n) is 17.9. The van der Waals surface area contributed by atoms with E-state index in [0.29, 0.717) is 18.7 Å². The van der Waals surface area contributed by atoms with Crippen molar-refractivity contribution < 1.29 is 14.3 Å². The van der Waals surface area contributed by atoms with Crippen LogP contribution in [-0.2, 0) is 9.53 Å². The summed E-state index contributed by atoms with van der Waals surface area (Å²) in [6, 6.07) is 5.78. The molecular formula is C22H36N2O3. The van der Waals surface area contributed by atoms with Gasteiger partial charge in [0.2, 0.25) is 0 Å². The molecule has 0 bridgehead atoms. The Labute approximate surface area is 164 Å². The highest BCUT2D eigenvalue weighted by atomic mass is 16.5. The summed E-state index contributed by atoms with van der Waals surface area (Å²) in [5, 5.41) is 0. The molecule has 1 unspecified atom stereocenters. The topological polar surface area (TPSA) is 49.9 Å². The highest BCUT2D eigenvalue weighted by Gasteiger charge is 2.22. The van der Waals surface area contributed by atoms with Crippen molar-refractivity contribution in [1.29, 1.82) is 0 Å². The quantitative estimate of drug-likeness (QED) is 0.437. The minimum atomic E-state index is -0.340. The number of carbonyl (C=O) groups excluding carboxylic acids is 2. The van der Waals surface area contributed by atoms with Gasteiger partial charge in [-0.1, -0.05) is 26.8 Å². The van der Waals surface area contributed by atoms with E-state index in [1.165, 1.54) is 12.7 Å². The Hall–Kier alpha value is -1.88. The second-order valence-corrected chi connectivity index (χ2v) is 7.21. The van der Waals surface area contributed by atoms with Crippen molar-refractivity contribution in [3.05, 3.63) is 34.9 Å². The molecule has 5 heteroatoms. The third-order valence-electron chi connectivity index (χ3n) is 5.19. The summed E-state index contributed by atoms with van der Waals surface area (Å²) in [6.07, 6.45) is 1.95. The molecule has 0 fully saturated rings. The number of esters is 1. The molecule has 0 aliphatic heterocycles. The van der Waals surface area contributed by atoms with Gasteiger partial charge in [-0.05, 0) is 69.6 Å². The molecule has 0 N–H and O–H groups in total. The molecule has 0 saturated carbocycles. The minimum Gasteiger partial charge on any atom is -0.469 e. The van der Waals surface area contributed by atoms with E-state index in [0.717, 1.165) is 38.0 Å². The van der Waals surface area contributed by atoms with Crippen LogP contribution in [0.15, 0.2) is 18.2 Å². The van der Waals surface area contributed by atoms with Gasteiger partial charge in [-0.15, -0.1) is 0 Å². The number of aryl methyl sites for hydroxylation is 2. The normalized spacial score (nSPS) is 12.1. The molecule has 0 aromatic heterocycles. The number of methoxy groups -OCH3 is 1. The maximum atomic E-state index is 13.1. The van der Waals surface area contributed by atoms with Crippen LogP contribution in [0.2, 0.25) is 0 Å². The van der Waals surface area contributed by atoms with Gasteiger partial charge >= 0.3 is 5.97 Å². The second-order valence-electron chi connectivity index (χ2n) is 7.21. The van der Waals surface area contributed by atoms with Crippen LogP contribution >= 0.6 is 0 Å².